The Morgan fingerprint density at radius 2 is 2.05 bits per heavy atom. The molecule has 1 fully saturated rings. The first-order valence-electron chi connectivity index (χ1n) is 7.19. The number of piperidine rings is 1. The van der Waals surface area contributed by atoms with Crippen molar-refractivity contribution in [3.05, 3.63) is 34.9 Å². The maximum Gasteiger partial charge on any atom is 0.321 e. The number of hydrogen-bond acceptors (Lipinski definition) is 3. The zero-order valence-electron chi connectivity index (χ0n) is 11.8. The maximum atomic E-state index is 11.9. The number of urea groups is 1. The predicted octanol–water partition coefficient (Wildman–Crippen LogP) is 1.71. The van der Waals surface area contributed by atoms with Crippen molar-refractivity contribution in [2.24, 2.45) is 5.92 Å². The molecule has 0 radical (unpaired) electrons. The van der Waals surface area contributed by atoms with E-state index < -0.39 is 6.03 Å². The largest absolute Gasteiger partial charge is 0.337 e. The van der Waals surface area contributed by atoms with Crippen molar-refractivity contribution in [2.75, 3.05) is 19.6 Å². The molecule has 1 aliphatic rings. The quantitative estimate of drug-likeness (QED) is 0.793. The molecule has 0 aromatic heterocycles. The zero-order valence-corrected chi connectivity index (χ0v) is 12.6. The number of carbonyl (C=O) groups is 2. The molecule has 0 atom stereocenters. The Morgan fingerprint density at radius 1 is 1.29 bits per heavy atom. The minimum atomic E-state index is -0.430. The van der Waals surface area contributed by atoms with Crippen LogP contribution in [0.3, 0.4) is 0 Å². The molecule has 114 valence electrons. The summed E-state index contributed by atoms with van der Waals surface area (Å²) < 4.78 is 0. The van der Waals surface area contributed by atoms with Gasteiger partial charge in [-0.1, -0.05) is 23.7 Å². The lowest BCUT2D eigenvalue weighted by Gasteiger charge is -2.21. The molecular formula is C15H20ClN3O2. The van der Waals surface area contributed by atoms with Crippen molar-refractivity contribution in [1.29, 1.82) is 0 Å². The third-order valence-corrected chi connectivity index (χ3v) is 3.77. The molecule has 0 unspecified atom stereocenters. The van der Waals surface area contributed by atoms with Crippen molar-refractivity contribution in [2.45, 2.75) is 19.3 Å². The second-order valence-corrected chi connectivity index (χ2v) is 5.59. The second-order valence-electron chi connectivity index (χ2n) is 5.15. The van der Waals surface area contributed by atoms with E-state index >= 15 is 0 Å². The highest BCUT2D eigenvalue weighted by atomic mass is 35.5. The fourth-order valence-electron chi connectivity index (χ4n) is 2.36. The van der Waals surface area contributed by atoms with E-state index in [1.807, 2.05) is 24.3 Å². The summed E-state index contributed by atoms with van der Waals surface area (Å²) in [5, 5.41) is 8.96. The van der Waals surface area contributed by atoms with Crippen LogP contribution >= 0.6 is 11.6 Å². The predicted molar refractivity (Wildman–Crippen MR) is 82.3 cm³/mol. The zero-order chi connectivity index (χ0) is 15.1. The molecule has 21 heavy (non-hydrogen) atoms. The first kappa shape index (κ1) is 15.8. The summed E-state index contributed by atoms with van der Waals surface area (Å²) in [6, 6.07) is 7.06. The molecule has 0 spiro atoms. The molecule has 1 aromatic rings. The minimum absolute atomic E-state index is 0.0649. The number of carbonyl (C=O) groups excluding carboxylic acids is 2. The van der Waals surface area contributed by atoms with Crippen LogP contribution in [0.25, 0.3) is 0 Å². The fourth-order valence-corrected chi connectivity index (χ4v) is 2.57. The first-order chi connectivity index (χ1) is 10.1. The Bertz CT molecular complexity index is 501. The Balaban J connectivity index is 1.68. The van der Waals surface area contributed by atoms with Gasteiger partial charge >= 0.3 is 6.03 Å². The molecule has 6 heteroatoms. The molecule has 1 aliphatic heterocycles. The van der Waals surface area contributed by atoms with Gasteiger partial charge in [-0.15, -0.1) is 0 Å². The van der Waals surface area contributed by atoms with Gasteiger partial charge in [-0.25, -0.2) is 4.79 Å². The average Bonchev–Trinajstić information content (AvgIpc) is 2.48. The van der Waals surface area contributed by atoms with Gasteiger partial charge < -0.3 is 10.6 Å². The van der Waals surface area contributed by atoms with Crippen molar-refractivity contribution in [3.8, 4) is 0 Å². The smallest absolute Gasteiger partial charge is 0.321 e. The SMILES string of the molecule is O=C(NCCc1cccc(Cl)c1)NC(=O)C1CCNCC1. The molecule has 0 aliphatic carbocycles. The van der Waals surface area contributed by atoms with Crippen LogP contribution in [0.5, 0.6) is 0 Å². The summed E-state index contributed by atoms with van der Waals surface area (Å²) in [6.07, 6.45) is 2.23. The highest BCUT2D eigenvalue weighted by molar-refractivity contribution is 6.30. The number of imide groups is 1. The minimum Gasteiger partial charge on any atom is -0.337 e. The van der Waals surface area contributed by atoms with Crippen LogP contribution in [0.4, 0.5) is 4.79 Å². The van der Waals surface area contributed by atoms with Gasteiger partial charge in [-0.05, 0) is 50.0 Å². The second kappa shape index (κ2) is 8.00. The summed E-state index contributed by atoms with van der Waals surface area (Å²) in [6.45, 7) is 2.12. The van der Waals surface area contributed by atoms with Gasteiger partial charge in [0, 0.05) is 17.5 Å². The van der Waals surface area contributed by atoms with Crippen molar-refractivity contribution >= 4 is 23.5 Å². The van der Waals surface area contributed by atoms with E-state index in [0.29, 0.717) is 18.0 Å². The maximum absolute atomic E-state index is 11.9. The lowest BCUT2D eigenvalue weighted by atomic mass is 9.97. The number of benzene rings is 1. The molecule has 0 bridgehead atoms. The van der Waals surface area contributed by atoms with E-state index in [4.69, 9.17) is 11.6 Å². The number of nitrogens with one attached hydrogen (secondary N) is 3. The van der Waals surface area contributed by atoms with Gasteiger partial charge in [-0.2, -0.15) is 0 Å². The van der Waals surface area contributed by atoms with Gasteiger partial charge in [0.05, 0.1) is 0 Å². The average molecular weight is 310 g/mol. The third-order valence-electron chi connectivity index (χ3n) is 3.53. The molecule has 1 aromatic carbocycles. The van der Waals surface area contributed by atoms with Gasteiger partial charge in [0.25, 0.3) is 0 Å². The van der Waals surface area contributed by atoms with Gasteiger partial charge in [0.2, 0.25) is 5.91 Å². The topological polar surface area (TPSA) is 70.2 Å². The Morgan fingerprint density at radius 3 is 2.76 bits per heavy atom. The molecule has 1 saturated heterocycles. The first-order valence-corrected chi connectivity index (χ1v) is 7.57. The van der Waals surface area contributed by atoms with E-state index in [1.165, 1.54) is 0 Å². The lowest BCUT2D eigenvalue weighted by Crippen LogP contribution is -2.45. The Kier molecular flexibility index (Phi) is 6.02. The summed E-state index contributed by atoms with van der Waals surface area (Å²) in [4.78, 5) is 23.5. The van der Waals surface area contributed by atoms with Gasteiger partial charge in [-0.3, -0.25) is 10.1 Å². The van der Waals surface area contributed by atoms with E-state index in [1.54, 1.807) is 0 Å². The van der Waals surface area contributed by atoms with E-state index in [0.717, 1.165) is 31.5 Å². The number of halogens is 1. The Hall–Kier alpha value is -1.59. The number of rotatable bonds is 4. The molecule has 1 heterocycles. The Labute approximate surface area is 129 Å². The van der Waals surface area contributed by atoms with Crippen LogP contribution in [-0.2, 0) is 11.2 Å². The van der Waals surface area contributed by atoms with Crippen molar-refractivity contribution in [1.82, 2.24) is 16.0 Å². The lowest BCUT2D eigenvalue weighted by molar-refractivity contribution is -0.124. The monoisotopic (exact) mass is 309 g/mol. The van der Waals surface area contributed by atoms with E-state index in [9.17, 15) is 9.59 Å². The normalized spacial score (nSPS) is 15.5. The van der Waals surface area contributed by atoms with Gasteiger partial charge in [0.1, 0.15) is 0 Å². The fraction of sp³-hybridized carbons (Fsp3) is 0.467. The molecule has 3 amide bonds. The summed E-state index contributed by atoms with van der Waals surface area (Å²) in [5.74, 6) is -0.248. The van der Waals surface area contributed by atoms with Crippen LogP contribution in [0.15, 0.2) is 24.3 Å². The standard InChI is InChI=1S/C15H20ClN3O2/c16-13-3-1-2-11(10-13)4-9-18-15(21)19-14(20)12-5-7-17-8-6-12/h1-3,10,12,17H,4-9H2,(H2,18,19,20,21). The van der Waals surface area contributed by atoms with E-state index in [2.05, 4.69) is 16.0 Å². The molecule has 3 N–H and O–H groups in total. The molecule has 5 nitrogen and oxygen atoms in total. The summed E-state index contributed by atoms with van der Waals surface area (Å²) in [7, 11) is 0. The molecule has 0 saturated carbocycles. The van der Waals surface area contributed by atoms with Gasteiger partial charge in [0.15, 0.2) is 0 Å². The van der Waals surface area contributed by atoms with Crippen LogP contribution in [-0.4, -0.2) is 31.6 Å². The van der Waals surface area contributed by atoms with E-state index in [-0.39, 0.29) is 11.8 Å². The van der Waals surface area contributed by atoms with Crippen molar-refractivity contribution < 1.29 is 9.59 Å². The number of hydrogen-bond donors (Lipinski definition) is 3. The molecular weight excluding hydrogens is 290 g/mol. The van der Waals surface area contributed by atoms with Crippen LogP contribution < -0.4 is 16.0 Å². The highest BCUT2D eigenvalue weighted by Crippen LogP contribution is 2.11. The van der Waals surface area contributed by atoms with Crippen molar-refractivity contribution in [3.63, 3.8) is 0 Å². The van der Waals surface area contributed by atoms with Crippen LogP contribution in [0, 0.1) is 5.92 Å². The summed E-state index contributed by atoms with van der Waals surface area (Å²) >= 11 is 5.89. The third kappa shape index (κ3) is 5.36. The highest BCUT2D eigenvalue weighted by Gasteiger charge is 2.22. The number of amides is 3. The molecule has 2 rings (SSSR count). The van der Waals surface area contributed by atoms with Crippen LogP contribution in [0.2, 0.25) is 5.02 Å². The van der Waals surface area contributed by atoms with Crippen LogP contribution in [0.1, 0.15) is 18.4 Å². The summed E-state index contributed by atoms with van der Waals surface area (Å²) in [5.41, 5.74) is 1.05.